The first-order valence-electron chi connectivity index (χ1n) is 2.80. The molecule has 0 unspecified atom stereocenters. The molecule has 8 heavy (non-hydrogen) atoms. The van der Waals surface area contributed by atoms with Crippen LogP contribution in [0.25, 0.3) is 0 Å². The van der Waals surface area contributed by atoms with E-state index in [9.17, 15) is 0 Å². The van der Waals surface area contributed by atoms with E-state index in [0.29, 0.717) is 0 Å². The van der Waals surface area contributed by atoms with E-state index in [1.807, 2.05) is 0 Å². The summed E-state index contributed by atoms with van der Waals surface area (Å²) in [6, 6.07) is 2.17. The van der Waals surface area contributed by atoms with E-state index in [2.05, 4.69) is 59.3 Å². The average Bonchev–Trinajstić information content (AvgIpc) is 1.85. The van der Waals surface area contributed by atoms with E-state index in [1.54, 1.807) is 0 Å². The van der Waals surface area contributed by atoms with Gasteiger partial charge in [0.15, 0.2) is 0 Å². The monoisotopic (exact) mass is 93.1 g/mol. The van der Waals surface area contributed by atoms with Gasteiger partial charge in [0, 0.05) is 0 Å². The summed E-state index contributed by atoms with van der Waals surface area (Å²) in [5.74, 6) is 0. The fourth-order valence-electron chi connectivity index (χ4n) is 0.876. The van der Waals surface area contributed by atoms with Crippen LogP contribution in [-0.2, 0) is 7.05 Å². The number of hydrogen-bond acceptors (Lipinski definition) is 0. The Bertz CT molecular complexity index is 173. The van der Waals surface area contributed by atoms with Gasteiger partial charge in [-0.25, -0.2) is 0 Å². The van der Waals surface area contributed by atoms with Crippen LogP contribution >= 0.6 is 0 Å². The van der Waals surface area contributed by atoms with Crippen molar-refractivity contribution in [2.45, 2.75) is 0 Å². The van der Waals surface area contributed by atoms with Gasteiger partial charge in [-0.2, -0.15) is 0 Å². The molecule has 0 aliphatic carbocycles. The van der Waals surface area contributed by atoms with Gasteiger partial charge in [0.25, 0.3) is 0 Å². The van der Waals surface area contributed by atoms with Crippen molar-refractivity contribution in [3.8, 4) is 0 Å². The van der Waals surface area contributed by atoms with Gasteiger partial charge in [-0.3, -0.25) is 0 Å². The molecule has 1 aromatic rings. The molecule has 0 aromatic carbocycles. The third kappa shape index (κ3) is 1.25. The standard InChI is InChI=1S/C5H5N.2Li/c1-6-4-2-3-5-6;;/h2,5H,1H3;;. The Morgan fingerprint density at radius 1 is 1.50 bits per heavy atom. The van der Waals surface area contributed by atoms with Crippen molar-refractivity contribution < 1.29 is 0 Å². The van der Waals surface area contributed by atoms with Crippen molar-refractivity contribution in [2.75, 3.05) is 0 Å². The summed E-state index contributed by atoms with van der Waals surface area (Å²) in [6.45, 7) is 0. The summed E-state index contributed by atoms with van der Waals surface area (Å²) in [5.41, 5.74) is 0. The Labute approximate surface area is 67.9 Å². The quantitative estimate of drug-likeness (QED) is 0.348. The average molecular weight is 93.0 g/mol. The first kappa shape index (κ1) is 6.59. The second-order valence-corrected chi connectivity index (χ2v) is 2.27. The predicted molar refractivity (Wildman–Crippen MR) is 36.2 cm³/mol. The zero-order valence-electron chi connectivity index (χ0n) is 5.60. The van der Waals surface area contributed by atoms with E-state index in [4.69, 9.17) is 0 Å². The molecule has 0 aliphatic heterocycles. The zero-order chi connectivity index (χ0) is 6.15. The molecule has 3 heteroatoms. The third-order valence-corrected chi connectivity index (χ3v) is 1.39. The Balaban J connectivity index is 3.14. The molecule has 0 atom stereocenters. The van der Waals surface area contributed by atoms with E-state index in [0.717, 1.165) is 0 Å². The minimum absolute atomic E-state index is 1.32. The Kier molecular flexibility index (Phi) is 1.96. The SMILES string of the molecule is [Li][c]1c[c]([Li])n(C)c1. The fourth-order valence-corrected chi connectivity index (χ4v) is 0.876. The van der Waals surface area contributed by atoms with E-state index < -0.39 is 0 Å². The molecular formula is C5H5Li2N. The van der Waals surface area contributed by atoms with Crippen molar-refractivity contribution in [2.24, 2.45) is 7.05 Å². The van der Waals surface area contributed by atoms with Gasteiger partial charge in [0.2, 0.25) is 0 Å². The van der Waals surface area contributed by atoms with Gasteiger partial charge in [0.05, 0.1) is 0 Å². The molecule has 0 saturated carbocycles. The van der Waals surface area contributed by atoms with E-state index in [1.165, 1.54) is 8.60 Å². The number of nitrogens with zero attached hydrogens (tertiary/aromatic N) is 1. The molecule has 0 aliphatic rings. The normalized spacial score (nSPS) is 10.1. The van der Waals surface area contributed by atoms with E-state index in [-0.39, 0.29) is 0 Å². The third-order valence-electron chi connectivity index (χ3n) is 1.39. The van der Waals surface area contributed by atoms with Crippen LogP contribution in [0.15, 0.2) is 12.3 Å². The van der Waals surface area contributed by atoms with Crippen LogP contribution in [-0.4, -0.2) is 40.0 Å². The molecule has 1 heterocycles. The van der Waals surface area contributed by atoms with Crippen LogP contribution in [0.1, 0.15) is 0 Å². The molecule has 0 spiro atoms. The molecule has 0 fully saturated rings. The second kappa shape index (κ2) is 2.38. The van der Waals surface area contributed by atoms with Gasteiger partial charge in [-0.05, 0) is 0 Å². The van der Waals surface area contributed by atoms with Gasteiger partial charge < -0.3 is 0 Å². The second-order valence-electron chi connectivity index (χ2n) is 2.27. The molecule has 32 valence electrons. The molecule has 1 rings (SSSR count). The van der Waals surface area contributed by atoms with Gasteiger partial charge in [0.1, 0.15) is 0 Å². The molecule has 0 radical (unpaired) electrons. The van der Waals surface area contributed by atoms with Gasteiger partial charge >= 0.3 is 67.9 Å². The first-order valence-corrected chi connectivity index (χ1v) is 2.80. The number of rotatable bonds is 0. The van der Waals surface area contributed by atoms with Crippen LogP contribution < -0.4 is 8.60 Å². The summed E-state index contributed by atoms with van der Waals surface area (Å²) in [6.07, 6.45) is 2.12. The summed E-state index contributed by atoms with van der Waals surface area (Å²) in [4.78, 5) is 0. The van der Waals surface area contributed by atoms with Crippen molar-refractivity contribution in [1.29, 1.82) is 0 Å². The molecule has 0 amide bonds. The van der Waals surface area contributed by atoms with Gasteiger partial charge in [-0.1, -0.05) is 0 Å². The number of aromatic nitrogens is 1. The van der Waals surface area contributed by atoms with Crippen LogP contribution in [0.2, 0.25) is 0 Å². The van der Waals surface area contributed by atoms with Crippen molar-refractivity contribution in [3.63, 3.8) is 0 Å². The summed E-state index contributed by atoms with van der Waals surface area (Å²) < 4.78 is 4.78. The summed E-state index contributed by atoms with van der Waals surface area (Å²) in [7, 11) is 2.06. The fraction of sp³-hybridized carbons (Fsp3) is 0.200. The van der Waals surface area contributed by atoms with Crippen molar-refractivity contribution in [1.82, 2.24) is 4.57 Å². The van der Waals surface area contributed by atoms with Crippen molar-refractivity contribution in [3.05, 3.63) is 12.3 Å². The van der Waals surface area contributed by atoms with E-state index >= 15 is 0 Å². The maximum absolute atomic E-state index is 2.17. The molecule has 1 nitrogen and oxygen atoms in total. The molecular weight excluding hydrogens is 87.9 g/mol. The van der Waals surface area contributed by atoms with Crippen LogP contribution in [0.4, 0.5) is 0 Å². The molecule has 0 saturated heterocycles. The maximum atomic E-state index is 2.17. The van der Waals surface area contributed by atoms with Crippen LogP contribution in [0, 0.1) is 0 Å². The Morgan fingerprint density at radius 2 is 2.12 bits per heavy atom. The minimum atomic E-state index is 1.32. The topological polar surface area (TPSA) is 4.93 Å². The number of aryl methyl sites for hydroxylation is 1. The van der Waals surface area contributed by atoms with Crippen LogP contribution in [0.5, 0.6) is 0 Å². The number of hydrogen-bond donors (Lipinski definition) is 0. The first-order chi connectivity index (χ1) is 3.70. The molecule has 1 aromatic heterocycles. The van der Waals surface area contributed by atoms with Crippen molar-refractivity contribution >= 4 is 44.0 Å². The summed E-state index contributed by atoms with van der Waals surface area (Å²) in [5, 5.41) is 0. The predicted octanol–water partition coefficient (Wildman–Crippen LogP) is -1.39. The Morgan fingerprint density at radius 3 is 2.25 bits per heavy atom. The molecule has 0 bridgehead atoms. The summed E-state index contributed by atoms with van der Waals surface area (Å²) >= 11 is 4.21. The Hall–Kier alpha value is 0.475. The van der Waals surface area contributed by atoms with Gasteiger partial charge in [-0.15, -0.1) is 0 Å². The van der Waals surface area contributed by atoms with Crippen LogP contribution in [0.3, 0.4) is 0 Å². The zero-order valence-corrected chi connectivity index (χ0v) is 5.60. The molecule has 0 N–H and O–H groups in total.